The van der Waals surface area contributed by atoms with Crippen molar-refractivity contribution in [3.05, 3.63) is 29.8 Å². The summed E-state index contributed by atoms with van der Waals surface area (Å²) < 4.78 is 5.39. The zero-order valence-electron chi connectivity index (χ0n) is 13.1. The highest BCUT2D eigenvalue weighted by atomic mass is 16.5. The van der Waals surface area contributed by atoms with Crippen molar-refractivity contribution in [1.29, 1.82) is 0 Å². The zero-order valence-corrected chi connectivity index (χ0v) is 13.1. The third-order valence-electron chi connectivity index (χ3n) is 3.79. The topological polar surface area (TPSA) is 24.5 Å². The third-order valence-corrected chi connectivity index (χ3v) is 3.79. The van der Waals surface area contributed by atoms with Crippen LogP contribution in [-0.4, -0.2) is 32.3 Å². The Morgan fingerprint density at radius 2 is 1.75 bits per heavy atom. The van der Waals surface area contributed by atoms with Gasteiger partial charge in [-0.15, -0.1) is 0 Å². The van der Waals surface area contributed by atoms with Crippen molar-refractivity contribution in [2.75, 3.05) is 31.2 Å². The van der Waals surface area contributed by atoms with Gasteiger partial charge in [0, 0.05) is 31.4 Å². The predicted molar refractivity (Wildman–Crippen MR) is 85.2 cm³/mol. The lowest BCUT2D eigenvalue weighted by molar-refractivity contribution is 0.122. The van der Waals surface area contributed by atoms with E-state index in [9.17, 15) is 0 Å². The van der Waals surface area contributed by atoms with Gasteiger partial charge in [0.15, 0.2) is 0 Å². The van der Waals surface area contributed by atoms with E-state index in [1.54, 1.807) is 0 Å². The normalized spacial score (nSPS) is 17.5. The van der Waals surface area contributed by atoms with Crippen molar-refractivity contribution in [2.45, 2.75) is 39.8 Å². The first-order valence-electron chi connectivity index (χ1n) is 7.80. The van der Waals surface area contributed by atoms with E-state index in [4.69, 9.17) is 4.74 Å². The smallest absolute Gasteiger partial charge is 0.0642 e. The molecule has 0 bridgehead atoms. The molecule has 0 aliphatic carbocycles. The quantitative estimate of drug-likeness (QED) is 0.864. The van der Waals surface area contributed by atoms with Gasteiger partial charge in [-0.2, -0.15) is 0 Å². The summed E-state index contributed by atoms with van der Waals surface area (Å²) in [6.45, 7) is 11.5. The molecule has 20 heavy (non-hydrogen) atoms. The summed E-state index contributed by atoms with van der Waals surface area (Å²) in [6, 6.07) is 9.51. The number of hydrogen-bond acceptors (Lipinski definition) is 3. The minimum absolute atomic E-state index is 0.578. The van der Waals surface area contributed by atoms with Gasteiger partial charge in [0.2, 0.25) is 0 Å². The molecular formula is C17H28N2O. The molecule has 0 aromatic heterocycles. The number of ether oxygens (including phenoxy) is 1. The maximum Gasteiger partial charge on any atom is 0.0642 e. The monoisotopic (exact) mass is 276 g/mol. The Balaban J connectivity index is 1.82. The standard InChI is InChI=1S/C17H28N2O/c1-14(2)12-15(3)18-13-16-4-6-17(7-5-16)19-8-10-20-11-9-19/h4-7,14-15,18H,8-13H2,1-3H3. The maximum absolute atomic E-state index is 5.39. The number of nitrogens with one attached hydrogen (secondary N) is 1. The van der Waals surface area contributed by atoms with Crippen LogP contribution in [0.25, 0.3) is 0 Å². The van der Waals surface area contributed by atoms with Gasteiger partial charge in [-0.25, -0.2) is 0 Å². The minimum atomic E-state index is 0.578. The van der Waals surface area contributed by atoms with Gasteiger partial charge >= 0.3 is 0 Å². The highest BCUT2D eigenvalue weighted by Gasteiger charge is 2.10. The Morgan fingerprint density at radius 1 is 1.10 bits per heavy atom. The van der Waals surface area contributed by atoms with Crippen LogP contribution >= 0.6 is 0 Å². The number of benzene rings is 1. The second kappa shape index (κ2) is 7.65. The van der Waals surface area contributed by atoms with E-state index in [0.29, 0.717) is 6.04 Å². The summed E-state index contributed by atoms with van der Waals surface area (Å²) >= 11 is 0. The SMILES string of the molecule is CC(C)CC(C)NCc1ccc(N2CCOCC2)cc1. The lowest BCUT2D eigenvalue weighted by Crippen LogP contribution is -2.36. The van der Waals surface area contributed by atoms with Crippen molar-refractivity contribution >= 4 is 5.69 Å². The van der Waals surface area contributed by atoms with E-state index in [1.807, 2.05) is 0 Å². The molecule has 1 unspecified atom stereocenters. The molecule has 0 spiro atoms. The molecule has 1 saturated heterocycles. The molecule has 1 aromatic carbocycles. The molecule has 1 heterocycles. The van der Waals surface area contributed by atoms with Gasteiger partial charge in [0.25, 0.3) is 0 Å². The van der Waals surface area contributed by atoms with E-state index in [-0.39, 0.29) is 0 Å². The summed E-state index contributed by atoms with van der Waals surface area (Å²) in [5.41, 5.74) is 2.67. The predicted octanol–water partition coefficient (Wildman–Crippen LogP) is 3.05. The molecule has 1 aromatic rings. The lowest BCUT2D eigenvalue weighted by atomic mass is 10.0. The van der Waals surface area contributed by atoms with Crippen molar-refractivity contribution in [3.63, 3.8) is 0 Å². The van der Waals surface area contributed by atoms with Crippen LogP contribution in [0.5, 0.6) is 0 Å². The summed E-state index contributed by atoms with van der Waals surface area (Å²) in [6.07, 6.45) is 1.23. The van der Waals surface area contributed by atoms with Crippen molar-refractivity contribution in [2.24, 2.45) is 5.92 Å². The molecule has 1 aliphatic heterocycles. The van der Waals surface area contributed by atoms with E-state index in [2.05, 4.69) is 55.3 Å². The summed E-state index contributed by atoms with van der Waals surface area (Å²) in [4.78, 5) is 2.39. The molecule has 2 rings (SSSR count). The van der Waals surface area contributed by atoms with E-state index in [1.165, 1.54) is 17.7 Å². The molecule has 1 atom stereocenters. The van der Waals surface area contributed by atoms with Gasteiger partial charge in [-0.3, -0.25) is 0 Å². The van der Waals surface area contributed by atoms with Crippen LogP contribution in [0, 0.1) is 5.92 Å². The molecule has 1 fully saturated rings. The Labute approximate surface area is 123 Å². The van der Waals surface area contributed by atoms with Crippen LogP contribution in [0.4, 0.5) is 5.69 Å². The van der Waals surface area contributed by atoms with Gasteiger partial charge in [0.05, 0.1) is 13.2 Å². The molecule has 1 aliphatic rings. The Morgan fingerprint density at radius 3 is 2.35 bits per heavy atom. The molecule has 0 radical (unpaired) electrons. The average Bonchev–Trinajstić information content (AvgIpc) is 2.46. The Hall–Kier alpha value is -1.06. The summed E-state index contributed by atoms with van der Waals surface area (Å²) in [7, 11) is 0. The zero-order chi connectivity index (χ0) is 14.4. The van der Waals surface area contributed by atoms with Crippen LogP contribution in [0.2, 0.25) is 0 Å². The molecule has 1 N–H and O–H groups in total. The van der Waals surface area contributed by atoms with Crippen molar-refractivity contribution in [1.82, 2.24) is 5.32 Å². The van der Waals surface area contributed by atoms with Gasteiger partial charge in [-0.05, 0) is 37.0 Å². The molecule has 0 saturated carbocycles. The Kier molecular flexibility index (Phi) is 5.86. The molecule has 3 heteroatoms. The van der Waals surface area contributed by atoms with Gasteiger partial charge < -0.3 is 15.0 Å². The fourth-order valence-electron chi connectivity index (χ4n) is 2.73. The average molecular weight is 276 g/mol. The first-order valence-corrected chi connectivity index (χ1v) is 7.80. The van der Waals surface area contributed by atoms with Gasteiger partial charge in [0.1, 0.15) is 0 Å². The van der Waals surface area contributed by atoms with Gasteiger partial charge in [-0.1, -0.05) is 26.0 Å². The van der Waals surface area contributed by atoms with Crippen molar-refractivity contribution in [3.8, 4) is 0 Å². The fraction of sp³-hybridized carbons (Fsp3) is 0.647. The number of hydrogen-bond donors (Lipinski definition) is 1. The molecular weight excluding hydrogens is 248 g/mol. The van der Waals surface area contributed by atoms with Crippen LogP contribution in [0.1, 0.15) is 32.8 Å². The fourth-order valence-corrected chi connectivity index (χ4v) is 2.73. The highest BCUT2D eigenvalue weighted by molar-refractivity contribution is 5.47. The second-order valence-electron chi connectivity index (χ2n) is 6.18. The highest BCUT2D eigenvalue weighted by Crippen LogP contribution is 2.16. The van der Waals surface area contributed by atoms with Crippen LogP contribution in [0.15, 0.2) is 24.3 Å². The summed E-state index contributed by atoms with van der Waals surface area (Å²) in [5.74, 6) is 0.751. The minimum Gasteiger partial charge on any atom is -0.378 e. The Bertz CT molecular complexity index is 382. The molecule has 0 amide bonds. The molecule has 3 nitrogen and oxygen atoms in total. The first-order chi connectivity index (χ1) is 9.65. The lowest BCUT2D eigenvalue weighted by Gasteiger charge is -2.29. The number of morpholine rings is 1. The van der Waals surface area contributed by atoms with Crippen LogP contribution in [-0.2, 0) is 11.3 Å². The number of rotatable bonds is 6. The maximum atomic E-state index is 5.39. The van der Waals surface area contributed by atoms with Crippen LogP contribution in [0.3, 0.4) is 0 Å². The first kappa shape index (κ1) is 15.3. The third kappa shape index (κ3) is 4.80. The molecule has 112 valence electrons. The largest absolute Gasteiger partial charge is 0.378 e. The van der Waals surface area contributed by atoms with Crippen LogP contribution < -0.4 is 10.2 Å². The van der Waals surface area contributed by atoms with E-state index >= 15 is 0 Å². The number of nitrogens with zero attached hydrogens (tertiary/aromatic N) is 1. The van der Waals surface area contributed by atoms with Crippen molar-refractivity contribution < 1.29 is 4.74 Å². The van der Waals surface area contributed by atoms with E-state index < -0.39 is 0 Å². The summed E-state index contributed by atoms with van der Waals surface area (Å²) in [5, 5.41) is 3.60. The number of anilines is 1. The van der Waals surface area contributed by atoms with E-state index in [0.717, 1.165) is 38.8 Å². The second-order valence-corrected chi connectivity index (χ2v) is 6.18.